The molecule has 10 nitrogen and oxygen atoms in total. The van der Waals surface area contributed by atoms with Crippen molar-refractivity contribution in [3.8, 4) is 0 Å². The minimum absolute atomic E-state index is 0. The molecule has 0 saturated heterocycles. The van der Waals surface area contributed by atoms with Crippen molar-refractivity contribution in [1.29, 1.82) is 0 Å². The van der Waals surface area contributed by atoms with Crippen molar-refractivity contribution < 1.29 is 33.7 Å². The van der Waals surface area contributed by atoms with Crippen molar-refractivity contribution in [2.45, 2.75) is 7.43 Å². The zero-order chi connectivity index (χ0) is 16.6. The van der Waals surface area contributed by atoms with Crippen LogP contribution in [0.15, 0.2) is 4.53 Å². The zero-order valence-electron chi connectivity index (χ0n) is 13.0. The summed E-state index contributed by atoms with van der Waals surface area (Å²) < 4.78 is 21.8. The normalized spacial score (nSPS) is 8.59. The minimum atomic E-state index is 0. The molecule has 0 aliphatic heterocycles. The van der Waals surface area contributed by atoms with Gasteiger partial charge in [-0.1, -0.05) is 7.43 Å². The Morgan fingerprint density at radius 1 is 0.955 bits per heavy atom. The average molecular weight is 349 g/mol. The Morgan fingerprint density at radius 3 is 1.86 bits per heavy atom. The molecule has 0 bridgehead atoms. The van der Waals surface area contributed by atoms with Crippen LogP contribution in [0.1, 0.15) is 7.43 Å². The zero-order valence-corrected chi connectivity index (χ0v) is 13.8. The molecule has 0 radical (unpaired) electrons. The van der Waals surface area contributed by atoms with Gasteiger partial charge in [0.25, 0.3) is 0 Å². The highest BCUT2D eigenvalue weighted by Crippen LogP contribution is 1.80. The number of hydroxylamine groups is 1. The van der Waals surface area contributed by atoms with Crippen LogP contribution in [-0.4, -0.2) is 68.3 Å². The molecule has 0 fully saturated rings. The number of nitrogens with zero attached hydrogens (tertiary/aromatic N) is 1. The maximum absolute atomic E-state index is 4.90. The lowest BCUT2D eigenvalue weighted by Gasteiger charge is -2.01. The second-order valence-electron chi connectivity index (χ2n) is 2.65. The fourth-order valence-electron chi connectivity index (χ4n) is 0.639. The third-order valence-corrected chi connectivity index (χ3v) is 1.33. The quantitative estimate of drug-likeness (QED) is 0.206. The summed E-state index contributed by atoms with van der Waals surface area (Å²) in [5.41, 5.74) is 7.02. The molecule has 138 valence electrons. The molecule has 0 unspecified atom stereocenters. The second-order valence-corrected chi connectivity index (χ2v) is 2.80. The van der Waals surface area contributed by atoms with Crippen LogP contribution in [0.2, 0.25) is 0 Å². The lowest BCUT2D eigenvalue weighted by atomic mass is 10.8. The first-order chi connectivity index (χ1) is 10.3. The SMILES string of the molecule is C.CN.CNOCCOCOC.COCOCCOON=S. The molecule has 11 heteroatoms. The highest BCUT2D eigenvalue weighted by molar-refractivity contribution is 7.47. The molecular formula is C11H31N3O7S. The van der Waals surface area contributed by atoms with Gasteiger partial charge >= 0.3 is 0 Å². The topological polar surface area (TPSA) is 115 Å². The van der Waals surface area contributed by atoms with Crippen LogP contribution in [0.25, 0.3) is 0 Å². The molecule has 0 saturated carbocycles. The largest absolute Gasteiger partial charge is 0.359 e. The Hall–Kier alpha value is -0.500. The predicted molar refractivity (Wildman–Crippen MR) is 84.3 cm³/mol. The van der Waals surface area contributed by atoms with E-state index in [1.165, 1.54) is 14.2 Å². The van der Waals surface area contributed by atoms with Gasteiger partial charge in [-0.3, -0.25) is 4.84 Å². The van der Waals surface area contributed by atoms with Gasteiger partial charge < -0.3 is 24.7 Å². The standard InChI is InChI=1S/C5H13NO3.C4H9NO4S.CH5N.CH4/c1-6-9-4-3-8-5-7-2;1-6-4-7-2-3-8-9-5-10;1-2;/h6H,3-5H2,1-2H3;2-4H2,1H3;2H2,1H3;1H4. The van der Waals surface area contributed by atoms with E-state index in [1.807, 2.05) is 0 Å². The third-order valence-electron chi connectivity index (χ3n) is 1.27. The Balaban J connectivity index is -0.000000127. The lowest BCUT2D eigenvalue weighted by Crippen LogP contribution is -2.13. The van der Waals surface area contributed by atoms with Crippen molar-refractivity contribution in [2.75, 3.05) is 68.3 Å². The van der Waals surface area contributed by atoms with Crippen LogP contribution in [-0.2, 0) is 46.1 Å². The number of hydrogen-bond acceptors (Lipinski definition) is 11. The summed E-state index contributed by atoms with van der Waals surface area (Å²) in [7, 11) is 6.32. The van der Waals surface area contributed by atoms with Crippen LogP contribution in [0.5, 0.6) is 0 Å². The molecule has 0 atom stereocenters. The maximum atomic E-state index is 4.90. The van der Waals surface area contributed by atoms with Gasteiger partial charge in [0, 0.05) is 25.8 Å². The van der Waals surface area contributed by atoms with Gasteiger partial charge in [0.2, 0.25) is 0 Å². The fraction of sp³-hybridized carbons (Fsp3) is 1.00. The van der Waals surface area contributed by atoms with E-state index in [0.717, 1.165) is 0 Å². The average Bonchev–Trinajstić information content (AvgIpc) is 2.53. The molecule has 0 heterocycles. The number of methoxy groups -OCH3 is 2. The first-order valence-corrected chi connectivity index (χ1v) is 6.30. The summed E-state index contributed by atoms with van der Waals surface area (Å²) in [4.78, 5) is 13.2. The monoisotopic (exact) mass is 349 g/mol. The smallest absolute Gasteiger partial charge is 0.146 e. The van der Waals surface area contributed by atoms with Crippen molar-refractivity contribution in [3.05, 3.63) is 0 Å². The minimum Gasteiger partial charge on any atom is -0.359 e. The van der Waals surface area contributed by atoms with Crippen molar-refractivity contribution in [1.82, 2.24) is 5.48 Å². The van der Waals surface area contributed by atoms with E-state index >= 15 is 0 Å². The van der Waals surface area contributed by atoms with E-state index in [1.54, 1.807) is 14.2 Å². The molecule has 3 N–H and O–H groups in total. The van der Waals surface area contributed by atoms with Crippen molar-refractivity contribution >= 4 is 12.4 Å². The number of rotatable bonds is 13. The number of ether oxygens (including phenoxy) is 4. The Kier molecular flexibility index (Phi) is 49.7. The molecule has 0 amide bonds. The van der Waals surface area contributed by atoms with Crippen LogP contribution < -0.4 is 11.2 Å². The van der Waals surface area contributed by atoms with Crippen LogP contribution >= 0.6 is 0 Å². The van der Waals surface area contributed by atoms with Gasteiger partial charge in [0.1, 0.15) is 20.2 Å². The van der Waals surface area contributed by atoms with E-state index in [4.69, 9.17) is 14.3 Å². The summed E-state index contributed by atoms with van der Waals surface area (Å²) in [6.07, 6.45) is 0. The van der Waals surface area contributed by atoms with Gasteiger partial charge in [-0.15, -0.1) is 0 Å². The Bertz CT molecular complexity index is 167. The first-order valence-electron chi connectivity index (χ1n) is 5.94. The summed E-state index contributed by atoms with van der Waals surface area (Å²) in [5.74, 6) is 0. The maximum Gasteiger partial charge on any atom is 0.146 e. The fourth-order valence-corrected chi connectivity index (χ4v) is 0.682. The third kappa shape index (κ3) is 42.7. The summed E-state index contributed by atoms with van der Waals surface area (Å²) in [6, 6.07) is 0. The lowest BCUT2D eigenvalue weighted by molar-refractivity contribution is -0.299. The predicted octanol–water partition coefficient (Wildman–Crippen LogP) is 0.170. The van der Waals surface area contributed by atoms with E-state index in [0.29, 0.717) is 26.6 Å². The Morgan fingerprint density at radius 2 is 1.45 bits per heavy atom. The second kappa shape index (κ2) is 37.1. The summed E-state index contributed by atoms with van der Waals surface area (Å²) >= 11 is 4.07. The van der Waals surface area contributed by atoms with E-state index in [9.17, 15) is 0 Å². The highest BCUT2D eigenvalue weighted by Gasteiger charge is 1.87. The van der Waals surface area contributed by atoms with Gasteiger partial charge in [-0.25, -0.2) is 10.5 Å². The number of nitrogens with two attached hydrogens (primary N) is 1. The molecule has 0 rings (SSSR count). The molecule has 0 aromatic rings. The van der Waals surface area contributed by atoms with E-state index < -0.39 is 0 Å². The molecule has 0 aromatic heterocycles. The molecule has 0 aliphatic carbocycles. The van der Waals surface area contributed by atoms with Gasteiger partial charge in [-0.05, 0) is 7.05 Å². The summed E-state index contributed by atoms with van der Waals surface area (Å²) in [6.45, 7) is 2.33. The summed E-state index contributed by atoms with van der Waals surface area (Å²) in [5, 5.41) is 0. The van der Waals surface area contributed by atoms with Gasteiger partial charge in [0.05, 0.1) is 32.2 Å². The number of hydrogen-bond donors (Lipinski definition) is 2. The van der Waals surface area contributed by atoms with Gasteiger partial charge in [0.15, 0.2) is 0 Å². The van der Waals surface area contributed by atoms with Crippen LogP contribution in [0.4, 0.5) is 0 Å². The van der Waals surface area contributed by atoms with Crippen LogP contribution in [0.3, 0.4) is 0 Å². The van der Waals surface area contributed by atoms with Crippen LogP contribution in [0, 0.1) is 0 Å². The molecule has 0 aromatic carbocycles. The molecular weight excluding hydrogens is 318 g/mol. The van der Waals surface area contributed by atoms with E-state index in [2.05, 4.69) is 47.5 Å². The Labute approximate surface area is 138 Å². The number of nitrogens with one attached hydrogen (secondary N) is 1. The molecule has 0 aliphatic rings. The highest BCUT2D eigenvalue weighted by atomic mass is 32.1. The first kappa shape index (κ1) is 29.5. The molecule has 22 heavy (non-hydrogen) atoms. The van der Waals surface area contributed by atoms with Crippen molar-refractivity contribution in [2.24, 2.45) is 10.3 Å². The van der Waals surface area contributed by atoms with Gasteiger partial charge in [-0.2, -0.15) is 4.89 Å². The van der Waals surface area contributed by atoms with E-state index in [-0.39, 0.29) is 20.8 Å². The molecule has 0 spiro atoms. The van der Waals surface area contributed by atoms with Crippen molar-refractivity contribution in [3.63, 3.8) is 0 Å².